The number of likely N-dealkylation sites (N-methyl/N-ethyl adjacent to an activating group) is 2. The number of carbonyl (C=O) groups is 1. The molecule has 1 aliphatic heterocycles. The maximum absolute atomic E-state index is 13.6. The summed E-state index contributed by atoms with van der Waals surface area (Å²) in [4.78, 5) is 15.9. The Morgan fingerprint density at radius 2 is 1.78 bits per heavy atom. The van der Waals surface area contributed by atoms with Crippen molar-refractivity contribution >= 4 is 15.9 Å². The van der Waals surface area contributed by atoms with Crippen molar-refractivity contribution in [1.82, 2.24) is 14.1 Å². The number of amides is 1. The van der Waals surface area contributed by atoms with Crippen LogP contribution in [0.4, 0.5) is 4.39 Å². The summed E-state index contributed by atoms with van der Waals surface area (Å²) in [7, 11) is 1.32. The molecule has 0 aromatic heterocycles. The highest BCUT2D eigenvalue weighted by Crippen LogP contribution is 2.34. The maximum Gasteiger partial charge on any atom is 0.247 e. The van der Waals surface area contributed by atoms with Gasteiger partial charge in [0.15, 0.2) is 0 Å². The maximum atomic E-state index is 13.6. The predicted molar refractivity (Wildman–Crippen MR) is 139 cm³/mol. The zero-order valence-corrected chi connectivity index (χ0v) is 22.6. The first kappa shape index (κ1) is 28.6. The topological polar surface area (TPSA) is 90.4 Å². The van der Waals surface area contributed by atoms with Gasteiger partial charge in [0.25, 0.3) is 0 Å². The summed E-state index contributed by atoms with van der Waals surface area (Å²) in [6, 6.07) is 9.71. The van der Waals surface area contributed by atoms with E-state index in [2.05, 4.69) is 11.8 Å². The number of ether oxygens (including phenoxy) is 1. The van der Waals surface area contributed by atoms with E-state index in [0.29, 0.717) is 11.1 Å². The molecule has 0 bridgehead atoms. The summed E-state index contributed by atoms with van der Waals surface area (Å²) in [5, 5.41) is 9.79. The Balaban J connectivity index is 2.03. The van der Waals surface area contributed by atoms with Crippen molar-refractivity contribution in [3.05, 3.63) is 59.4 Å². The Labute approximate surface area is 218 Å². The lowest BCUT2D eigenvalue weighted by Crippen LogP contribution is -2.50. The molecule has 3 rings (SSSR count). The number of carbonyl (C=O) groups excluding carboxylic acids is 1. The second-order valence-corrected chi connectivity index (χ2v) is 11.5. The van der Waals surface area contributed by atoms with Gasteiger partial charge >= 0.3 is 0 Å². The van der Waals surface area contributed by atoms with Gasteiger partial charge in [-0.15, -0.1) is 0 Å². The smallest absolute Gasteiger partial charge is 0.247 e. The molecule has 0 saturated carbocycles. The molecule has 1 heterocycles. The van der Waals surface area contributed by atoms with E-state index in [0.717, 1.165) is 0 Å². The fourth-order valence-electron chi connectivity index (χ4n) is 3.96. The second-order valence-electron chi connectivity index (χ2n) is 9.67. The molecule has 2 aromatic carbocycles. The largest absolute Gasteiger partial charge is 0.487 e. The highest BCUT2D eigenvalue weighted by atomic mass is 32.2. The minimum Gasteiger partial charge on any atom is -0.487 e. The van der Waals surface area contributed by atoms with E-state index in [1.807, 2.05) is 21.0 Å². The van der Waals surface area contributed by atoms with Crippen LogP contribution in [-0.4, -0.2) is 93.1 Å². The Hall–Kier alpha value is -2.97. The van der Waals surface area contributed by atoms with E-state index >= 15 is 0 Å². The zero-order valence-electron chi connectivity index (χ0n) is 21.8. The molecular weight excluding hydrogens is 497 g/mol. The van der Waals surface area contributed by atoms with Gasteiger partial charge < -0.3 is 19.6 Å². The first-order valence-corrected chi connectivity index (χ1v) is 13.5. The molecule has 2 aromatic rings. The molecule has 8 nitrogen and oxygen atoms in total. The van der Waals surface area contributed by atoms with E-state index in [4.69, 9.17) is 4.74 Å². The highest BCUT2D eigenvalue weighted by Gasteiger charge is 2.38. The average Bonchev–Trinajstić information content (AvgIpc) is 2.84. The lowest BCUT2D eigenvalue weighted by Gasteiger charge is -2.37. The molecule has 1 N–H and O–H groups in total. The van der Waals surface area contributed by atoms with Crippen molar-refractivity contribution in [2.75, 3.05) is 47.4 Å². The number of halogens is 1. The molecule has 37 heavy (non-hydrogen) atoms. The Bertz CT molecular complexity index is 1270. The molecular formula is C27H34FN3O5S. The number of aliphatic hydroxyl groups excluding tert-OH is 1. The highest BCUT2D eigenvalue weighted by molar-refractivity contribution is 7.89. The first-order valence-electron chi connectivity index (χ1n) is 12.0. The van der Waals surface area contributed by atoms with E-state index in [9.17, 15) is 22.7 Å². The van der Waals surface area contributed by atoms with Crippen LogP contribution in [-0.2, 0) is 14.8 Å². The second kappa shape index (κ2) is 12.0. The van der Waals surface area contributed by atoms with Crippen LogP contribution in [0.25, 0.3) is 0 Å². The summed E-state index contributed by atoms with van der Waals surface area (Å²) >= 11 is 0. The van der Waals surface area contributed by atoms with E-state index in [1.165, 1.54) is 22.5 Å². The van der Waals surface area contributed by atoms with Gasteiger partial charge in [0.1, 0.15) is 22.6 Å². The minimum atomic E-state index is -3.99. The first-order chi connectivity index (χ1) is 17.4. The minimum absolute atomic E-state index is 0.0284. The third-order valence-electron chi connectivity index (χ3n) is 6.19. The third-order valence-corrected chi connectivity index (χ3v) is 8.21. The lowest BCUT2D eigenvalue weighted by atomic mass is 10.0. The van der Waals surface area contributed by atoms with Crippen LogP contribution in [0.15, 0.2) is 47.4 Å². The van der Waals surface area contributed by atoms with Crippen molar-refractivity contribution < 1.29 is 27.4 Å². The van der Waals surface area contributed by atoms with Crippen LogP contribution in [0.1, 0.15) is 25.0 Å². The number of sulfonamides is 1. The van der Waals surface area contributed by atoms with Crippen molar-refractivity contribution in [3.8, 4) is 17.6 Å². The molecule has 0 radical (unpaired) electrons. The van der Waals surface area contributed by atoms with Gasteiger partial charge in [-0.2, -0.15) is 4.31 Å². The van der Waals surface area contributed by atoms with E-state index < -0.39 is 22.2 Å². The van der Waals surface area contributed by atoms with Crippen molar-refractivity contribution in [1.29, 1.82) is 0 Å². The number of fused-ring (bicyclic) bond motifs is 1. The summed E-state index contributed by atoms with van der Waals surface area (Å²) in [6.07, 6.45) is -0.515. The van der Waals surface area contributed by atoms with E-state index in [1.54, 1.807) is 48.0 Å². The molecule has 3 atom stereocenters. The van der Waals surface area contributed by atoms with Gasteiger partial charge in [-0.05, 0) is 63.5 Å². The molecule has 1 aliphatic rings. The van der Waals surface area contributed by atoms with Gasteiger partial charge in [-0.25, -0.2) is 12.8 Å². The molecule has 0 fully saturated rings. The van der Waals surface area contributed by atoms with Crippen LogP contribution >= 0.6 is 0 Å². The average molecular weight is 532 g/mol. The zero-order chi connectivity index (χ0) is 27.3. The van der Waals surface area contributed by atoms with Crippen molar-refractivity contribution in [2.24, 2.45) is 5.92 Å². The standard InChI is InChI=1S/C27H34FN3O5S/c1-19-15-31(20(2)18-32)37(34,35)26-13-10-22(7-6-21-8-11-23(28)12-9-21)14-24(26)36-25(19)16-30(5)27(33)17-29(3)4/h8-14,19-20,25,32H,15-18H2,1-5H3/t19-,20+,25-/m0/s1. The molecule has 0 spiro atoms. The van der Waals surface area contributed by atoms with Crippen LogP contribution in [0.3, 0.4) is 0 Å². The molecule has 10 heteroatoms. The third kappa shape index (κ3) is 7.08. The summed E-state index contributed by atoms with van der Waals surface area (Å²) in [5.74, 6) is 5.31. The van der Waals surface area contributed by atoms with Gasteiger partial charge in [0.2, 0.25) is 15.9 Å². The number of hydrogen-bond acceptors (Lipinski definition) is 6. The molecule has 1 amide bonds. The quantitative estimate of drug-likeness (QED) is 0.574. The summed E-state index contributed by atoms with van der Waals surface area (Å²) in [6.45, 7) is 3.78. The van der Waals surface area contributed by atoms with Gasteiger partial charge in [0, 0.05) is 36.7 Å². The molecule has 0 unspecified atom stereocenters. The molecule has 200 valence electrons. The van der Waals surface area contributed by atoms with Crippen LogP contribution in [0.2, 0.25) is 0 Å². The number of rotatable bonds is 6. The van der Waals surface area contributed by atoms with Gasteiger partial charge in [0.05, 0.1) is 19.7 Å². The van der Waals surface area contributed by atoms with Crippen LogP contribution in [0.5, 0.6) is 5.75 Å². The SMILES string of the molecule is C[C@H](CO)N1C[C@H](C)[C@H](CN(C)C(=O)CN(C)C)Oc2cc(C#Cc3ccc(F)cc3)ccc2S1(=O)=O. The fourth-order valence-corrected chi connectivity index (χ4v) is 5.79. The van der Waals surface area contributed by atoms with Crippen molar-refractivity contribution in [3.63, 3.8) is 0 Å². The molecule has 0 aliphatic carbocycles. The lowest BCUT2D eigenvalue weighted by molar-refractivity contribution is -0.132. The Morgan fingerprint density at radius 1 is 1.16 bits per heavy atom. The molecule has 0 saturated heterocycles. The van der Waals surface area contributed by atoms with Crippen molar-refractivity contribution in [2.45, 2.75) is 30.9 Å². The van der Waals surface area contributed by atoms with E-state index in [-0.39, 0.29) is 54.5 Å². The summed E-state index contributed by atoms with van der Waals surface area (Å²) in [5.41, 5.74) is 1.13. The van der Waals surface area contributed by atoms with Gasteiger partial charge in [-0.3, -0.25) is 4.79 Å². The predicted octanol–water partition coefficient (Wildman–Crippen LogP) is 2.01. The van der Waals surface area contributed by atoms with Gasteiger partial charge in [-0.1, -0.05) is 18.8 Å². The monoisotopic (exact) mass is 531 g/mol. The number of benzene rings is 2. The number of hydrogen-bond donors (Lipinski definition) is 1. The van der Waals surface area contributed by atoms with Crippen LogP contribution in [0, 0.1) is 23.6 Å². The number of nitrogens with zero attached hydrogens (tertiary/aromatic N) is 3. The van der Waals surface area contributed by atoms with Crippen LogP contribution < -0.4 is 4.74 Å². The Kier molecular flexibility index (Phi) is 9.31. The fraction of sp³-hybridized carbons (Fsp3) is 0.444. The summed E-state index contributed by atoms with van der Waals surface area (Å²) < 4.78 is 48.0. The normalized spacial score (nSPS) is 20.0. The number of aliphatic hydroxyl groups is 1. The Morgan fingerprint density at radius 3 is 2.41 bits per heavy atom.